The normalized spacial score (nSPS) is 14.3. The summed E-state index contributed by atoms with van der Waals surface area (Å²) in [5.41, 5.74) is 1.53. The van der Waals surface area contributed by atoms with Crippen LogP contribution in [0.3, 0.4) is 0 Å². The zero-order chi connectivity index (χ0) is 14.0. The maximum atomic E-state index is 11.1. The fourth-order valence-corrected chi connectivity index (χ4v) is 2.06. The summed E-state index contributed by atoms with van der Waals surface area (Å²) in [4.78, 5) is 11.1. The quantitative estimate of drug-likeness (QED) is 0.908. The molecule has 0 bridgehead atoms. The van der Waals surface area contributed by atoms with Gasteiger partial charge in [-0.3, -0.25) is 4.79 Å². The predicted octanol–water partition coefficient (Wildman–Crippen LogP) is 2.81. The van der Waals surface area contributed by atoms with Gasteiger partial charge in [0.05, 0.1) is 5.41 Å². The Morgan fingerprint density at radius 3 is 2.42 bits per heavy atom. The number of aryl methyl sites for hydroxylation is 2. The summed E-state index contributed by atoms with van der Waals surface area (Å²) < 4.78 is 11.1. The molecule has 1 heterocycles. The van der Waals surface area contributed by atoms with Crippen molar-refractivity contribution in [3.63, 3.8) is 0 Å². The molecule has 4 heteroatoms. The zero-order valence-corrected chi connectivity index (χ0v) is 11.7. The number of hydrogen-bond acceptors (Lipinski definition) is 3. The van der Waals surface area contributed by atoms with Crippen molar-refractivity contribution in [2.45, 2.75) is 33.6 Å². The largest absolute Gasteiger partial charge is 0.486 e. The molecular formula is C15H20O4. The Morgan fingerprint density at radius 2 is 1.84 bits per heavy atom. The molecule has 1 N–H and O–H groups in total. The molecule has 2 rings (SSSR count). The van der Waals surface area contributed by atoms with Crippen LogP contribution in [-0.4, -0.2) is 24.3 Å². The first kappa shape index (κ1) is 13.7. The molecule has 4 nitrogen and oxygen atoms in total. The van der Waals surface area contributed by atoms with E-state index in [0.717, 1.165) is 29.0 Å². The highest BCUT2D eigenvalue weighted by atomic mass is 16.6. The van der Waals surface area contributed by atoms with Gasteiger partial charge in [0.1, 0.15) is 13.2 Å². The van der Waals surface area contributed by atoms with Gasteiger partial charge in [-0.15, -0.1) is 0 Å². The highest BCUT2D eigenvalue weighted by Gasteiger charge is 2.27. The van der Waals surface area contributed by atoms with E-state index in [-0.39, 0.29) is 0 Å². The molecule has 0 spiro atoms. The highest BCUT2D eigenvalue weighted by molar-refractivity contribution is 5.73. The molecular weight excluding hydrogens is 244 g/mol. The van der Waals surface area contributed by atoms with E-state index in [1.165, 1.54) is 0 Å². The Bertz CT molecular complexity index is 491. The lowest BCUT2D eigenvalue weighted by Gasteiger charge is -2.22. The molecule has 0 saturated carbocycles. The van der Waals surface area contributed by atoms with Gasteiger partial charge in [-0.05, 0) is 56.9 Å². The van der Waals surface area contributed by atoms with E-state index in [9.17, 15) is 4.79 Å². The molecule has 1 aromatic rings. The van der Waals surface area contributed by atoms with Crippen LogP contribution < -0.4 is 9.47 Å². The van der Waals surface area contributed by atoms with Crippen LogP contribution in [0, 0.1) is 12.3 Å². The Balaban J connectivity index is 2.15. The van der Waals surface area contributed by atoms with Crippen molar-refractivity contribution in [2.75, 3.05) is 13.2 Å². The van der Waals surface area contributed by atoms with Crippen LogP contribution >= 0.6 is 0 Å². The van der Waals surface area contributed by atoms with Crippen LogP contribution in [0.1, 0.15) is 31.4 Å². The minimum Gasteiger partial charge on any atom is -0.486 e. The van der Waals surface area contributed by atoms with Gasteiger partial charge in [0.2, 0.25) is 0 Å². The van der Waals surface area contributed by atoms with E-state index < -0.39 is 11.4 Å². The van der Waals surface area contributed by atoms with E-state index in [1.807, 2.05) is 19.1 Å². The molecule has 0 radical (unpaired) electrons. The van der Waals surface area contributed by atoms with Gasteiger partial charge in [0.15, 0.2) is 11.5 Å². The lowest BCUT2D eigenvalue weighted by Crippen LogP contribution is -2.24. The number of carboxylic acid groups (broad SMARTS) is 1. The summed E-state index contributed by atoms with van der Waals surface area (Å²) in [7, 11) is 0. The molecule has 1 aromatic carbocycles. The fourth-order valence-electron chi connectivity index (χ4n) is 2.06. The third-order valence-electron chi connectivity index (χ3n) is 3.60. The van der Waals surface area contributed by atoms with E-state index in [2.05, 4.69) is 0 Å². The second-order valence-electron chi connectivity index (χ2n) is 5.61. The van der Waals surface area contributed by atoms with Crippen molar-refractivity contribution in [2.24, 2.45) is 5.41 Å². The zero-order valence-electron chi connectivity index (χ0n) is 11.7. The molecule has 19 heavy (non-hydrogen) atoms. The lowest BCUT2D eigenvalue weighted by molar-refractivity contribution is -0.147. The summed E-state index contributed by atoms with van der Waals surface area (Å²) in [6.45, 7) is 6.67. The first-order chi connectivity index (χ1) is 8.90. The third-order valence-corrected chi connectivity index (χ3v) is 3.60. The number of benzene rings is 1. The van der Waals surface area contributed by atoms with Crippen molar-refractivity contribution in [1.82, 2.24) is 0 Å². The first-order valence-corrected chi connectivity index (χ1v) is 6.53. The Hall–Kier alpha value is -1.71. The molecule has 0 fully saturated rings. The van der Waals surface area contributed by atoms with Crippen LogP contribution in [0.25, 0.3) is 0 Å². The number of aliphatic carboxylic acids is 1. The average molecular weight is 264 g/mol. The molecule has 0 unspecified atom stereocenters. The third kappa shape index (κ3) is 3.00. The van der Waals surface area contributed by atoms with Gasteiger partial charge in [-0.1, -0.05) is 0 Å². The van der Waals surface area contributed by atoms with E-state index in [1.54, 1.807) is 13.8 Å². The van der Waals surface area contributed by atoms with Crippen LogP contribution in [0.4, 0.5) is 0 Å². The Morgan fingerprint density at radius 1 is 1.26 bits per heavy atom. The number of fused-ring (bicyclic) bond motifs is 1. The highest BCUT2D eigenvalue weighted by Crippen LogP contribution is 2.34. The van der Waals surface area contributed by atoms with Crippen molar-refractivity contribution < 1.29 is 19.4 Å². The van der Waals surface area contributed by atoms with E-state index >= 15 is 0 Å². The van der Waals surface area contributed by atoms with E-state index in [4.69, 9.17) is 14.6 Å². The molecule has 0 aliphatic carbocycles. The maximum Gasteiger partial charge on any atom is 0.309 e. The van der Waals surface area contributed by atoms with Gasteiger partial charge in [0, 0.05) is 0 Å². The number of rotatable bonds is 4. The first-order valence-electron chi connectivity index (χ1n) is 6.53. The van der Waals surface area contributed by atoms with Gasteiger partial charge in [0.25, 0.3) is 0 Å². The minimum atomic E-state index is -0.761. The van der Waals surface area contributed by atoms with Crippen LogP contribution in [0.15, 0.2) is 12.1 Å². The molecule has 1 aliphatic rings. The topological polar surface area (TPSA) is 55.8 Å². The molecule has 0 saturated heterocycles. The summed E-state index contributed by atoms with van der Waals surface area (Å²) in [5, 5.41) is 9.14. The second-order valence-corrected chi connectivity index (χ2v) is 5.61. The second kappa shape index (κ2) is 5.11. The van der Waals surface area contributed by atoms with E-state index in [0.29, 0.717) is 19.6 Å². The van der Waals surface area contributed by atoms with Crippen molar-refractivity contribution >= 4 is 5.97 Å². The van der Waals surface area contributed by atoms with Gasteiger partial charge in [-0.25, -0.2) is 0 Å². The summed E-state index contributed by atoms with van der Waals surface area (Å²) >= 11 is 0. The van der Waals surface area contributed by atoms with Crippen molar-refractivity contribution in [1.29, 1.82) is 0 Å². The van der Waals surface area contributed by atoms with Crippen molar-refractivity contribution in [3.05, 3.63) is 23.3 Å². The summed E-state index contributed by atoms with van der Waals surface area (Å²) in [6, 6.07) is 3.94. The molecule has 0 amide bonds. The van der Waals surface area contributed by atoms with Crippen LogP contribution in [0.2, 0.25) is 0 Å². The molecule has 0 aromatic heterocycles. The number of carboxylic acids is 1. The number of carbonyl (C=O) groups is 1. The number of hydrogen-bond donors (Lipinski definition) is 1. The number of ether oxygens (including phenoxy) is 2. The minimum absolute atomic E-state index is 0.566. The van der Waals surface area contributed by atoms with Gasteiger partial charge in [-0.2, -0.15) is 0 Å². The molecule has 104 valence electrons. The smallest absolute Gasteiger partial charge is 0.309 e. The van der Waals surface area contributed by atoms with Crippen LogP contribution in [-0.2, 0) is 11.2 Å². The lowest BCUT2D eigenvalue weighted by atomic mass is 9.85. The standard InChI is InChI=1S/C15H20O4/c1-10-8-12-13(19-7-6-18-12)9-11(10)4-5-15(2,3)14(16)17/h8-9H,4-7H2,1-3H3,(H,16,17). The Kier molecular flexibility index (Phi) is 3.69. The fraction of sp³-hybridized carbons (Fsp3) is 0.533. The monoisotopic (exact) mass is 264 g/mol. The molecule has 1 aliphatic heterocycles. The molecule has 0 atom stereocenters. The van der Waals surface area contributed by atoms with Crippen molar-refractivity contribution in [3.8, 4) is 11.5 Å². The average Bonchev–Trinajstić information content (AvgIpc) is 2.36. The maximum absolute atomic E-state index is 11.1. The van der Waals surface area contributed by atoms with Crippen LogP contribution in [0.5, 0.6) is 11.5 Å². The summed E-state index contributed by atoms with van der Waals surface area (Å²) in [6.07, 6.45) is 1.32. The predicted molar refractivity (Wildman–Crippen MR) is 71.9 cm³/mol. The Labute approximate surface area is 113 Å². The SMILES string of the molecule is Cc1cc2c(cc1CCC(C)(C)C(=O)O)OCCO2. The van der Waals surface area contributed by atoms with Gasteiger partial charge < -0.3 is 14.6 Å². The summed E-state index contributed by atoms with van der Waals surface area (Å²) in [5.74, 6) is 0.785. The van der Waals surface area contributed by atoms with Gasteiger partial charge >= 0.3 is 5.97 Å².